The summed E-state index contributed by atoms with van der Waals surface area (Å²) < 4.78 is 6.29. The molecule has 1 amide bonds. The summed E-state index contributed by atoms with van der Waals surface area (Å²) >= 11 is 2.26. The lowest BCUT2D eigenvalue weighted by Crippen LogP contribution is -2.34. The van der Waals surface area contributed by atoms with Crippen LogP contribution in [0.5, 0.6) is 0 Å². The minimum absolute atomic E-state index is 0.0725. The molecule has 2 rings (SSSR count). The number of ether oxygens (including phenoxy) is 1. The quantitative estimate of drug-likeness (QED) is 0.559. The number of thiophene rings is 1. The maximum atomic E-state index is 12.2. The van der Waals surface area contributed by atoms with Crippen LogP contribution in [0.25, 0.3) is 0 Å². The van der Waals surface area contributed by atoms with Crippen LogP contribution in [0.3, 0.4) is 0 Å². The van der Waals surface area contributed by atoms with E-state index in [0.717, 1.165) is 16.2 Å². The van der Waals surface area contributed by atoms with E-state index < -0.39 is 11.4 Å². The second-order valence-electron chi connectivity index (χ2n) is 7.01. The van der Waals surface area contributed by atoms with Gasteiger partial charge in [0.05, 0.1) is 11.4 Å². The second-order valence-corrected chi connectivity index (χ2v) is 9.00. The van der Waals surface area contributed by atoms with E-state index in [0.29, 0.717) is 17.1 Å². The highest BCUT2D eigenvalue weighted by Crippen LogP contribution is 2.18. The third kappa shape index (κ3) is 5.86. The van der Waals surface area contributed by atoms with Crippen molar-refractivity contribution >= 4 is 40.3 Å². The summed E-state index contributed by atoms with van der Waals surface area (Å²) in [6.07, 6.45) is 0. The highest BCUT2D eigenvalue weighted by atomic mass is 32.1. The molecule has 0 saturated carbocycles. The molecule has 0 aromatic carbocycles. The maximum absolute atomic E-state index is 12.2. The number of rotatable bonds is 7. The van der Waals surface area contributed by atoms with Crippen molar-refractivity contribution in [2.45, 2.75) is 40.8 Å². The van der Waals surface area contributed by atoms with Gasteiger partial charge in [0.1, 0.15) is 6.54 Å². The van der Waals surface area contributed by atoms with Gasteiger partial charge in [-0.2, -0.15) is 0 Å². The molecule has 0 aliphatic carbocycles. The average Bonchev–Trinajstić information content (AvgIpc) is 3.18. The molecule has 0 unspecified atom stereocenters. The average molecular weight is 411 g/mol. The van der Waals surface area contributed by atoms with Crippen LogP contribution in [-0.2, 0) is 27.4 Å². The molecule has 9 heteroatoms. The predicted molar refractivity (Wildman–Crippen MR) is 104 cm³/mol. The van der Waals surface area contributed by atoms with Gasteiger partial charge in [0.2, 0.25) is 11.7 Å². The standard InChI is InChI=1S/C18H22N2O5S2/c1-11-10-26-17(24)20(11)8-15(22)25-9-13(21)14-6-5-12(27-14)7-19-16(23)18(2,3)4/h5-6,10H,7-9H2,1-4H3,(H,19,23). The molecule has 7 nitrogen and oxygen atoms in total. The summed E-state index contributed by atoms with van der Waals surface area (Å²) in [6.45, 7) is 6.94. The van der Waals surface area contributed by atoms with Crippen molar-refractivity contribution in [1.29, 1.82) is 0 Å². The molecule has 2 aromatic rings. The van der Waals surface area contributed by atoms with E-state index in [1.807, 2.05) is 20.8 Å². The van der Waals surface area contributed by atoms with Gasteiger partial charge in [0.15, 0.2) is 6.61 Å². The zero-order valence-corrected chi connectivity index (χ0v) is 17.3. The molecule has 2 heterocycles. The van der Waals surface area contributed by atoms with E-state index >= 15 is 0 Å². The minimum Gasteiger partial charge on any atom is -0.456 e. The summed E-state index contributed by atoms with van der Waals surface area (Å²) in [5.74, 6) is -1.03. The van der Waals surface area contributed by atoms with Crippen LogP contribution in [0, 0.1) is 12.3 Å². The van der Waals surface area contributed by atoms with E-state index in [9.17, 15) is 19.2 Å². The minimum atomic E-state index is -0.638. The molecule has 0 bridgehead atoms. The van der Waals surface area contributed by atoms with Crippen molar-refractivity contribution in [3.8, 4) is 0 Å². The molecule has 1 N–H and O–H groups in total. The van der Waals surface area contributed by atoms with Crippen molar-refractivity contribution in [1.82, 2.24) is 9.88 Å². The van der Waals surface area contributed by atoms with Crippen LogP contribution in [0.4, 0.5) is 0 Å². The Kier molecular flexibility index (Phi) is 6.72. The highest BCUT2D eigenvalue weighted by molar-refractivity contribution is 7.14. The number of aromatic nitrogens is 1. The van der Waals surface area contributed by atoms with Gasteiger partial charge in [-0.25, -0.2) is 0 Å². The Hall–Kier alpha value is -2.26. The number of thiazole rings is 1. The first-order chi connectivity index (χ1) is 12.6. The van der Waals surface area contributed by atoms with E-state index in [2.05, 4.69) is 5.32 Å². The predicted octanol–water partition coefficient (Wildman–Crippen LogP) is 2.37. The first-order valence-corrected chi connectivity index (χ1v) is 9.98. The zero-order valence-electron chi connectivity index (χ0n) is 15.7. The van der Waals surface area contributed by atoms with E-state index in [1.165, 1.54) is 15.9 Å². The van der Waals surface area contributed by atoms with Crippen LogP contribution in [0.1, 0.15) is 41.0 Å². The largest absolute Gasteiger partial charge is 0.456 e. The van der Waals surface area contributed by atoms with Gasteiger partial charge in [-0.05, 0) is 19.1 Å². The molecule has 0 saturated heterocycles. The maximum Gasteiger partial charge on any atom is 0.326 e. The fourth-order valence-electron chi connectivity index (χ4n) is 2.04. The Morgan fingerprint density at radius 1 is 1.22 bits per heavy atom. The first-order valence-electron chi connectivity index (χ1n) is 8.28. The summed E-state index contributed by atoms with van der Waals surface area (Å²) in [6, 6.07) is 3.41. The number of carbonyl (C=O) groups excluding carboxylic acids is 3. The number of hydrogen-bond donors (Lipinski definition) is 1. The summed E-state index contributed by atoms with van der Waals surface area (Å²) in [4.78, 5) is 48.5. The smallest absolute Gasteiger partial charge is 0.326 e. The second kappa shape index (κ2) is 8.62. The number of carbonyl (C=O) groups is 3. The molecule has 2 aromatic heterocycles. The molecule has 0 aliphatic rings. The van der Waals surface area contributed by atoms with Gasteiger partial charge in [-0.3, -0.25) is 23.7 Å². The Morgan fingerprint density at radius 2 is 1.93 bits per heavy atom. The number of esters is 1. The van der Waals surface area contributed by atoms with Gasteiger partial charge >= 0.3 is 10.8 Å². The van der Waals surface area contributed by atoms with Crippen molar-refractivity contribution < 1.29 is 19.1 Å². The van der Waals surface area contributed by atoms with Crippen molar-refractivity contribution in [3.05, 3.63) is 42.6 Å². The lowest BCUT2D eigenvalue weighted by molar-refractivity contribution is -0.143. The number of nitrogens with one attached hydrogen (secondary N) is 1. The molecule has 0 fully saturated rings. The van der Waals surface area contributed by atoms with E-state index in [4.69, 9.17) is 4.74 Å². The van der Waals surface area contributed by atoms with Gasteiger partial charge in [-0.1, -0.05) is 32.1 Å². The lowest BCUT2D eigenvalue weighted by atomic mass is 9.96. The number of nitrogens with zero attached hydrogens (tertiary/aromatic N) is 1. The normalized spacial score (nSPS) is 11.3. The molecule has 27 heavy (non-hydrogen) atoms. The third-order valence-electron chi connectivity index (χ3n) is 3.67. The fraction of sp³-hybridized carbons (Fsp3) is 0.444. The van der Waals surface area contributed by atoms with Crippen LogP contribution in [0.2, 0.25) is 0 Å². The molecule has 0 spiro atoms. The van der Waals surface area contributed by atoms with E-state index in [-0.39, 0.29) is 29.7 Å². The van der Waals surface area contributed by atoms with Crippen LogP contribution >= 0.6 is 22.7 Å². The van der Waals surface area contributed by atoms with E-state index in [1.54, 1.807) is 24.4 Å². The first kappa shape index (κ1) is 21.0. The fourth-order valence-corrected chi connectivity index (χ4v) is 3.65. The Morgan fingerprint density at radius 3 is 2.52 bits per heavy atom. The molecule has 146 valence electrons. The zero-order chi connectivity index (χ0) is 20.2. The molecular weight excluding hydrogens is 388 g/mol. The summed E-state index contributed by atoms with van der Waals surface area (Å²) in [5, 5.41) is 4.48. The van der Waals surface area contributed by atoms with Crippen molar-refractivity contribution in [3.63, 3.8) is 0 Å². The van der Waals surface area contributed by atoms with Crippen LogP contribution in [0.15, 0.2) is 22.3 Å². The Labute approximate surface area is 165 Å². The molecule has 0 aliphatic heterocycles. The lowest BCUT2D eigenvalue weighted by Gasteiger charge is -2.17. The number of hydrogen-bond acceptors (Lipinski definition) is 7. The number of ketones is 1. The van der Waals surface area contributed by atoms with Crippen LogP contribution in [-0.4, -0.2) is 28.8 Å². The molecule has 0 atom stereocenters. The third-order valence-corrected chi connectivity index (χ3v) is 5.68. The van der Waals surface area contributed by atoms with Crippen molar-refractivity contribution in [2.75, 3.05) is 6.61 Å². The number of aryl methyl sites for hydroxylation is 1. The topological polar surface area (TPSA) is 94.5 Å². The van der Waals surface area contributed by atoms with Crippen molar-refractivity contribution in [2.24, 2.45) is 5.41 Å². The monoisotopic (exact) mass is 410 g/mol. The van der Waals surface area contributed by atoms with Gasteiger partial charge in [0.25, 0.3) is 0 Å². The number of Topliss-reactive ketones (excluding diaryl/α,β-unsaturated/α-hetero) is 1. The Bertz CT molecular complexity index is 901. The number of amides is 1. The van der Waals surface area contributed by atoms with Crippen LogP contribution < -0.4 is 10.2 Å². The molecular formula is C18H22N2O5S2. The summed E-state index contributed by atoms with van der Waals surface area (Å²) in [5.41, 5.74) is 0.195. The van der Waals surface area contributed by atoms with Gasteiger partial charge < -0.3 is 10.1 Å². The molecule has 0 radical (unpaired) electrons. The highest BCUT2D eigenvalue weighted by Gasteiger charge is 2.21. The summed E-state index contributed by atoms with van der Waals surface area (Å²) in [7, 11) is 0. The Balaban J connectivity index is 1.84. The van der Waals surface area contributed by atoms with Gasteiger partial charge in [0, 0.05) is 21.4 Å². The van der Waals surface area contributed by atoms with Gasteiger partial charge in [-0.15, -0.1) is 11.3 Å². The SMILES string of the molecule is Cc1csc(=O)n1CC(=O)OCC(=O)c1ccc(CNC(=O)C(C)(C)C)s1.